The van der Waals surface area contributed by atoms with Gasteiger partial charge >= 0.3 is 0 Å². The minimum Gasteiger partial charge on any atom is -0.395 e. The SMILES string of the molecule is CCCCCCCCC(CO)NCc1ccccc1. The van der Waals surface area contributed by atoms with Crippen LogP contribution in [0.25, 0.3) is 0 Å². The predicted octanol–water partition coefficient (Wildman–Crippen LogP) is 3.89. The molecule has 1 aromatic carbocycles. The highest BCUT2D eigenvalue weighted by atomic mass is 16.3. The van der Waals surface area contributed by atoms with Crippen molar-refractivity contribution in [1.29, 1.82) is 0 Å². The summed E-state index contributed by atoms with van der Waals surface area (Å²) in [5, 5.41) is 12.8. The van der Waals surface area contributed by atoms with Crippen LogP contribution in [0.1, 0.15) is 57.4 Å². The molecular weight excluding hydrogens is 234 g/mol. The van der Waals surface area contributed by atoms with Crippen molar-refractivity contribution in [3.8, 4) is 0 Å². The lowest BCUT2D eigenvalue weighted by Gasteiger charge is -2.16. The molecule has 108 valence electrons. The Hall–Kier alpha value is -0.860. The number of hydrogen-bond donors (Lipinski definition) is 2. The van der Waals surface area contributed by atoms with Gasteiger partial charge in [0.2, 0.25) is 0 Å². The van der Waals surface area contributed by atoms with Crippen molar-refractivity contribution in [3.05, 3.63) is 35.9 Å². The van der Waals surface area contributed by atoms with E-state index in [2.05, 4.69) is 36.5 Å². The molecule has 0 heterocycles. The lowest BCUT2D eigenvalue weighted by molar-refractivity contribution is 0.232. The Morgan fingerprint density at radius 1 is 1.00 bits per heavy atom. The molecule has 19 heavy (non-hydrogen) atoms. The van der Waals surface area contributed by atoms with Gasteiger partial charge in [0.25, 0.3) is 0 Å². The van der Waals surface area contributed by atoms with Crippen LogP contribution in [0, 0.1) is 0 Å². The average Bonchev–Trinajstić information content (AvgIpc) is 2.47. The number of aliphatic hydroxyl groups is 1. The summed E-state index contributed by atoms with van der Waals surface area (Å²) >= 11 is 0. The third kappa shape index (κ3) is 8.02. The molecule has 0 aliphatic carbocycles. The van der Waals surface area contributed by atoms with Gasteiger partial charge in [0.05, 0.1) is 6.61 Å². The van der Waals surface area contributed by atoms with Gasteiger partial charge in [-0.15, -0.1) is 0 Å². The molecule has 0 saturated heterocycles. The van der Waals surface area contributed by atoms with Crippen molar-refractivity contribution >= 4 is 0 Å². The Balaban J connectivity index is 2.09. The van der Waals surface area contributed by atoms with Gasteiger partial charge in [0.1, 0.15) is 0 Å². The third-order valence-corrected chi connectivity index (χ3v) is 3.56. The second-order valence-corrected chi connectivity index (χ2v) is 5.30. The van der Waals surface area contributed by atoms with E-state index < -0.39 is 0 Å². The van der Waals surface area contributed by atoms with Crippen LogP contribution in [0.15, 0.2) is 30.3 Å². The van der Waals surface area contributed by atoms with Crippen LogP contribution in [0.2, 0.25) is 0 Å². The molecule has 0 fully saturated rings. The molecule has 0 saturated carbocycles. The number of rotatable bonds is 11. The summed E-state index contributed by atoms with van der Waals surface area (Å²) in [6, 6.07) is 10.6. The van der Waals surface area contributed by atoms with E-state index in [0.717, 1.165) is 13.0 Å². The molecule has 0 aliphatic heterocycles. The first kappa shape index (κ1) is 16.2. The van der Waals surface area contributed by atoms with Crippen LogP contribution in [-0.4, -0.2) is 17.8 Å². The highest BCUT2D eigenvalue weighted by Gasteiger charge is 2.06. The molecule has 0 spiro atoms. The summed E-state index contributed by atoms with van der Waals surface area (Å²) < 4.78 is 0. The topological polar surface area (TPSA) is 32.3 Å². The van der Waals surface area contributed by atoms with Gasteiger partial charge in [0, 0.05) is 12.6 Å². The number of unbranched alkanes of at least 4 members (excludes halogenated alkanes) is 5. The van der Waals surface area contributed by atoms with Crippen molar-refractivity contribution < 1.29 is 5.11 Å². The number of nitrogens with one attached hydrogen (secondary N) is 1. The fourth-order valence-electron chi connectivity index (χ4n) is 2.29. The van der Waals surface area contributed by atoms with E-state index in [1.807, 2.05) is 6.07 Å². The summed E-state index contributed by atoms with van der Waals surface area (Å²) in [6.07, 6.45) is 8.95. The molecule has 2 N–H and O–H groups in total. The van der Waals surface area contributed by atoms with Gasteiger partial charge in [-0.1, -0.05) is 75.8 Å². The van der Waals surface area contributed by atoms with E-state index in [4.69, 9.17) is 0 Å². The number of benzene rings is 1. The van der Waals surface area contributed by atoms with E-state index in [1.165, 1.54) is 44.1 Å². The van der Waals surface area contributed by atoms with Crippen molar-refractivity contribution in [3.63, 3.8) is 0 Å². The van der Waals surface area contributed by atoms with E-state index in [0.29, 0.717) is 0 Å². The van der Waals surface area contributed by atoms with Gasteiger partial charge in [-0.2, -0.15) is 0 Å². The van der Waals surface area contributed by atoms with Crippen molar-refractivity contribution in [2.24, 2.45) is 0 Å². The first-order valence-corrected chi connectivity index (χ1v) is 7.75. The van der Waals surface area contributed by atoms with Crippen molar-refractivity contribution in [2.45, 2.75) is 64.5 Å². The van der Waals surface area contributed by atoms with Gasteiger partial charge in [-0.25, -0.2) is 0 Å². The quantitative estimate of drug-likeness (QED) is 0.594. The van der Waals surface area contributed by atoms with Gasteiger partial charge in [-0.3, -0.25) is 0 Å². The smallest absolute Gasteiger partial charge is 0.0584 e. The summed E-state index contributed by atoms with van der Waals surface area (Å²) in [5.41, 5.74) is 1.28. The average molecular weight is 263 g/mol. The Morgan fingerprint density at radius 3 is 2.37 bits per heavy atom. The molecule has 0 bridgehead atoms. The molecule has 1 unspecified atom stereocenters. The van der Waals surface area contributed by atoms with Gasteiger partial charge < -0.3 is 10.4 Å². The van der Waals surface area contributed by atoms with E-state index in [9.17, 15) is 5.11 Å². The first-order valence-electron chi connectivity index (χ1n) is 7.75. The zero-order valence-electron chi connectivity index (χ0n) is 12.3. The zero-order chi connectivity index (χ0) is 13.8. The molecule has 1 rings (SSSR count). The minimum atomic E-state index is 0.238. The largest absolute Gasteiger partial charge is 0.395 e. The second-order valence-electron chi connectivity index (χ2n) is 5.30. The third-order valence-electron chi connectivity index (χ3n) is 3.56. The molecule has 1 aromatic rings. The van der Waals surface area contributed by atoms with Crippen molar-refractivity contribution in [1.82, 2.24) is 5.32 Å². The molecular formula is C17H29NO. The molecule has 0 aliphatic rings. The number of hydrogen-bond acceptors (Lipinski definition) is 2. The van der Waals surface area contributed by atoms with Crippen LogP contribution in [-0.2, 0) is 6.54 Å². The fraction of sp³-hybridized carbons (Fsp3) is 0.647. The number of aliphatic hydroxyl groups excluding tert-OH is 1. The Kier molecular flexibility index (Phi) is 9.38. The van der Waals surface area contributed by atoms with Crippen LogP contribution in [0.5, 0.6) is 0 Å². The molecule has 0 aromatic heterocycles. The summed E-state index contributed by atoms with van der Waals surface area (Å²) in [6.45, 7) is 3.33. The lowest BCUT2D eigenvalue weighted by atomic mass is 10.1. The molecule has 1 atom stereocenters. The maximum absolute atomic E-state index is 9.38. The highest BCUT2D eigenvalue weighted by molar-refractivity contribution is 5.14. The summed E-state index contributed by atoms with van der Waals surface area (Å²) in [5.74, 6) is 0. The lowest BCUT2D eigenvalue weighted by Crippen LogP contribution is -2.31. The van der Waals surface area contributed by atoms with Gasteiger partial charge in [0.15, 0.2) is 0 Å². The Labute approximate surface area is 118 Å². The standard InChI is InChI=1S/C17H29NO/c1-2-3-4-5-6-10-13-17(15-19)18-14-16-11-8-7-9-12-16/h7-9,11-12,17-19H,2-6,10,13-15H2,1H3. The monoisotopic (exact) mass is 263 g/mol. The van der Waals surface area contributed by atoms with Crippen LogP contribution < -0.4 is 5.32 Å². The van der Waals surface area contributed by atoms with E-state index in [-0.39, 0.29) is 12.6 Å². The normalized spacial score (nSPS) is 12.5. The summed E-state index contributed by atoms with van der Waals surface area (Å²) in [7, 11) is 0. The predicted molar refractivity (Wildman–Crippen MR) is 82.1 cm³/mol. The van der Waals surface area contributed by atoms with E-state index in [1.54, 1.807) is 0 Å². The van der Waals surface area contributed by atoms with Crippen LogP contribution in [0.3, 0.4) is 0 Å². The fourth-order valence-corrected chi connectivity index (χ4v) is 2.29. The maximum atomic E-state index is 9.38. The molecule has 2 nitrogen and oxygen atoms in total. The molecule has 0 radical (unpaired) electrons. The second kappa shape index (κ2) is 11.0. The van der Waals surface area contributed by atoms with Crippen LogP contribution in [0.4, 0.5) is 0 Å². The van der Waals surface area contributed by atoms with Gasteiger partial charge in [-0.05, 0) is 12.0 Å². The van der Waals surface area contributed by atoms with Crippen LogP contribution >= 0.6 is 0 Å². The molecule has 2 heteroatoms. The zero-order valence-corrected chi connectivity index (χ0v) is 12.3. The minimum absolute atomic E-state index is 0.238. The first-order chi connectivity index (χ1) is 9.36. The molecule has 0 amide bonds. The van der Waals surface area contributed by atoms with Crippen molar-refractivity contribution in [2.75, 3.05) is 6.61 Å². The Morgan fingerprint density at radius 2 is 1.68 bits per heavy atom. The maximum Gasteiger partial charge on any atom is 0.0584 e. The Bertz CT molecular complexity index is 299. The summed E-state index contributed by atoms with van der Waals surface area (Å²) in [4.78, 5) is 0. The highest BCUT2D eigenvalue weighted by Crippen LogP contribution is 2.09. The van der Waals surface area contributed by atoms with E-state index >= 15 is 0 Å².